The minimum absolute atomic E-state index is 0.00168. The molecule has 1 unspecified atom stereocenters. The van der Waals surface area contributed by atoms with Gasteiger partial charge in [-0.15, -0.1) is 0 Å². The van der Waals surface area contributed by atoms with Gasteiger partial charge in [0.25, 0.3) is 5.91 Å². The second kappa shape index (κ2) is 11.6. The van der Waals surface area contributed by atoms with Gasteiger partial charge in [-0.05, 0) is 18.2 Å². The number of nitrogens with zero attached hydrogens (tertiary/aromatic N) is 2. The lowest BCUT2D eigenvalue weighted by Gasteiger charge is -2.26. The minimum atomic E-state index is -4.71. The zero-order valence-electron chi connectivity index (χ0n) is 19.6. The van der Waals surface area contributed by atoms with Crippen LogP contribution in [0.5, 0.6) is 11.5 Å². The molecule has 1 saturated heterocycles. The number of aliphatic imine (C=N–C) groups is 1. The van der Waals surface area contributed by atoms with E-state index in [0.717, 1.165) is 24.5 Å². The topological polar surface area (TPSA) is 150 Å². The number of aromatic nitrogens is 1. The number of ether oxygens (including phenoxy) is 3. The average molecular weight is 523 g/mol. The summed E-state index contributed by atoms with van der Waals surface area (Å²) in [7, 11) is 1.24. The zero-order chi connectivity index (χ0) is 27.1. The fraction of sp³-hybridized carbons (Fsp3) is 0.304. The molecule has 1 aromatic carbocycles. The van der Waals surface area contributed by atoms with Crippen molar-refractivity contribution in [2.45, 2.75) is 18.1 Å². The Morgan fingerprint density at radius 2 is 2.14 bits per heavy atom. The van der Waals surface area contributed by atoms with Crippen LogP contribution >= 0.6 is 0 Å². The van der Waals surface area contributed by atoms with Crippen LogP contribution in [-0.2, 0) is 15.7 Å². The van der Waals surface area contributed by atoms with Gasteiger partial charge in [-0.3, -0.25) is 14.6 Å². The Kier molecular flexibility index (Phi) is 8.55. The van der Waals surface area contributed by atoms with Crippen molar-refractivity contribution in [1.82, 2.24) is 15.8 Å². The first-order valence-corrected chi connectivity index (χ1v) is 10.7. The normalized spacial score (nSPS) is 18.0. The van der Waals surface area contributed by atoms with Crippen LogP contribution in [0.3, 0.4) is 0 Å². The van der Waals surface area contributed by atoms with Crippen LogP contribution in [0.4, 0.5) is 13.2 Å². The van der Waals surface area contributed by atoms with Crippen LogP contribution in [0.15, 0.2) is 64.2 Å². The number of amides is 2. The van der Waals surface area contributed by atoms with Crippen molar-refractivity contribution in [3.8, 4) is 11.5 Å². The van der Waals surface area contributed by atoms with E-state index in [0.29, 0.717) is 0 Å². The van der Waals surface area contributed by atoms with Crippen LogP contribution in [0, 0.1) is 0 Å². The molecule has 0 radical (unpaired) electrons. The van der Waals surface area contributed by atoms with E-state index in [2.05, 4.69) is 27.4 Å². The highest BCUT2D eigenvalue weighted by Gasteiger charge is 2.44. The molecule has 0 aliphatic carbocycles. The summed E-state index contributed by atoms with van der Waals surface area (Å²) in [6, 6.07) is 4.53. The van der Waals surface area contributed by atoms with Gasteiger partial charge in [-0.1, -0.05) is 11.7 Å². The number of benzene rings is 1. The maximum atomic E-state index is 13.4. The van der Waals surface area contributed by atoms with Crippen molar-refractivity contribution in [3.05, 3.63) is 66.0 Å². The molecule has 1 aliphatic rings. The third-order valence-corrected chi connectivity index (χ3v) is 5.18. The van der Waals surface area contributed by atoms with E-state index in [1.807, 2.05) is 0 Å². The molecule has 0 spiro atoms. The highest BCUT2D eigenvalue weighted by Crippen LogP contribution is 2.39. The van der Waals surface area contributed by atoms with E-state index < -0.39 is 34.8 Å². The van der Waals surface area contributed by atoms with Gasteiger partial charge < -0.3 is 35.1 Å². The molecule has 198 valence electrons. The van der Waals surface area contributed by atoms with E-state index in [4.69, 9.17) is 24.5 Å². The van der Waals surface area contributed by atoms with Crippen molar-refractivity contribution < 1.29 is 41.5 Å². The number of carbonyl (C=O) groups is 2. The van der Waals surface area contributed by atoms with Crippen molar-refractivity contribution >= 4 is 18.0 Å². The Morgan fingerprint density at radius 1 is 1.35 bits per heavy atom. The van der Waals surface area contributed by atoms with Crippen LogP contribution in [-0.4, -0.2) is 55.6 Å². The Hall–Kier alpha value is -4.33. The first-order valence-electron chi connectivity index (χ1n) is 10.7. The number of hydrogen-bond donors (Lipinski definition) is 3. The molecule has 11 nitrogen and oxygen atoms in total. The third-order valence-electron chi connectivity index (χ3n) is 5.18. The molecule has 1 aromatic heterocycles. The van der Waals surface area contributed by atoms with Crippen LogP contribution in [0.25, 0.3) is 0 Å². The van der Waals surface area contributed by atoms with Crippen LogP contribution in [0.1, 0.15) is 22.5 Å². The number of nitrogens with one attached hydrogen (secondary N) is 2. The fourth-order valence-electron chi connectivity index (χ4n) is 3.24. The lowest BCUT2D eigenvalue weighted by atomic mass is 9.97. The quantitative estimate of drug-likeness (QED) is 0.317. The summed E-state index contributed by atoms with van der Waals surface area (Å²) in [6.07, 6.45) is -1.23. The molecule has 1 fully saturated rings. The lowest BCUT2D eigenvalue weighted by molar-refractivity contribution is -0.138. The standard InChI is InChI=1S/C23H24F3N5O6/c1-14(11-29-21(33)22(6-8-35-13-22)31-20(32)19-5-7-30-37-19)28-12-16(10-27)36-18-4-3-15(34-2)9-17(18)23(24,25)26/h3-5,7,9-10,12H,1,6,8,11,13,27H2,2H3,(H,29,33)(H,31,32)/b16-10+,28-12?. The van der Waals surface area contributed by atoms with Gasteiger partial charge in [-0.2, -0.15) is 13.2 Å². The molecule has 1 aliphatic heterocycles. The number of hydrogen-bond acceptors (Lipinski definition) is 9. The molecule has 14 heteroatoms. The summed E-state index contributed by atoms with van der Waals surface area (Å²) < 4.78 is 60.5. The number of carbonyl (C=O) groups excluding carboxylic acids is 2. The molecular weight excluding hydrogens is 499 g/mol. The zero-order valence-corrected chi connectivity index (χ0v) is 19.6. The molecule has 3 rings (SSSR count). The molecule has 2 heterocycles. The van der Waals surface area contributed by atoms with Gasteiger partial charge in [0, 0.05) is 25.3 Å². The second-order valence-electron chi connectivity index (χ2n) is 7.75. The van der Waals surface area contributed by atoms with Gasteiger partial charge in [-0.25, -0.2) is 0 Å². The van der Waals surface area contributed by atoms with Crippen LogP contribution in [0.2, 0.25) is 0 Å². The summed E-state index contributed by atoms with van der Waals surface area (Å²) in [5.41, 5.74) is 3.19. The van der Waals surface area contributed by atoms with E-state index in [1.54, 1.807) is 0 Å². The van der Waals surface area contributed by atoms with Gasteiger partial charge in [0.2, 0.25) is 11.7 Å². The Balaban J connectivity index is 1.61. The monoisotopic (exact) mass is 523 g/mol. The largest absolute Gasteiger partial charge is 0.497 e. The number of halogens is 3. The second-order valence-corrected chi connectivity index (χ2v) is 7.75. The molecular formula is C23H24F3N5O6. The average Bonchev–Trinajstić information content (AvgIpc) is 3.58. The molecule has 2 aromatic rings. The maximum absolute atomic E-state index is 13.4. The Bertz CT molecular complexity index is 1190. The maximum Gasteiger partial charge on any atom is 0.420 e. The van der Waals surface area contributed by atoms with E-state index in [9.17, 15) is 22.8 Å². The molecule has 4 N–H and O–H groups in total. The van der Waals surface area contributed by atoms with Crippen molar-refractivity contribution in [1.29, 1.82) is 0 Å². The summed E-state index contributed by atoms with van der Waals surface area (Å²) >= 11 is 0. The first kappa shape index (κ1) is 27.3. The molecule has 0 bridgehead atoms. The molecule has 0 saturated carbocycles. The third kappa shape index (κ3) is 6.88. The molecule has 37 heavy (non-hydrogen) atoms. The van der Waals surface area contributed by atoms with Gasteiger partial charge in [0.1, 0.15) is 22.6 Å². The number of alkyl halides is 3. The Morgan fingerprint density at radius 3 is 2.73 bits per heavy atom. The van der Waals surface area contributed by atoms with Gasteiger partial charge >= 0.3 is 6.18 Å². The van der Waals surface area contributed by atoms with Crippen molar-refractivity contribution in [2.75, 3.05) is 26.9 Å². The van der Waals surface area contributed by atoms with Crippen molar-refractivity contribution in [3.63, 3.8) is 0 Å². The summed E-state index contributed by atoms with van der Waals surface area (Å²) in [4.78, 5) is 29.2. The highest BCUT2D eigenvalue weighted by atomic mass is 19.4. The summed E-state index contributed by atoms with van der Waals surface area (Å²) in [5, 5.41) is 8.67. The summed E-state index contributed by atoms with van der Waals surface area (Å²) in [6.45, 7) is 3.73. The highest BCUT2D eigenvalue weighted by molar-refractivity contribution is 5.97. The number of nitrogens with two attached hydrogens (primary N) is 1. The number of methoxy groups -OCH3 is 1. The summed E-state index contributed by atoms with van der Waals surface area (Å²) in [5.74, 6) is -1.98. The van der Waals surface area contributed by atoms with E-state index >= 15 is 0 Å². The SMILES string of the molecule is C=C(CNC(=O)C1(NC(=O)c2ccno2)CCOC1)N=C/C(=C\N)Oc1ccc(OC)cc1C(F)(F)F. The molecule has 2 amide bonds. The predicted molar refractivity (Wildman–Crippen MR) is 124 cm³/mol. The smallest absolute Gasteiger partial charge is 0.420 e. The van der Waals surface area contributed by atoms with E-state index in [-0.39, 0.29) is 49.1 Å². The fourth-order valence-corrected chi connectivity index (χ4v) is 3.24. The van der Waals surface area contributed by atoms with Crippen molar-refractivity contribution in [2.24, 2.45) is 10.7 Å². The predicted octanol–water partition coefficient (Wildman–Crippen LogP) is 2.17. The van der Waals surface area contributed by atoms with Gasteiger partial charge in [0.15, 0.2) is 5.76 Å². The Labute approximate surface area is 209 Å². The van der Waals surface area contributed by atoms with Crippen LogP contribution < -0.4 is 25.8 Å². The first-order chi connectivity index (χ1) is 17.6. The number of rotatable bonds is 10. The number of allylic oxidation sites excluding steroid dienone is 1. The van der Waals surface area contributed by atoms with E-state index in [1.165, 1.54) is 25.4 Å². The van der Waals surface area contributed by atoms with Gasteiger partial charge in [0.05, 0.1) is 38.4 Å². The lowest BCUT2D eigenvalue weighted by Crippen LogP contribution is -2.59. The minimum Gasteiger partial charge on any atom is -0.497 e. The molecule has 1 atom stereocenters.